The highest BCUT2D eigenvalue weighted by molar-refractivity contribution is 7.89. The molecule has 1 saturated heterocycles. The molecule has 2 aromatic carbocycles. The van der Waals surface area contributed by atoms with Gasteiger partial charge in [0.2, 0.25) is 10.0 Å². The number of carbonyl (C=O) groups excluding carboxylic acids is 1. The van der Waals surface area contributed by atoms with Crippen molar-refractivity contribution in [3.63, 3.8) is 0 Å². The van der Waals surface area contributed by atoms with Crippen molar-refractivity contribution in [2.75, 3.05) is 38.3 Å². The maximum atomic E-state index is 12.7. The highest BCUT2D eigenvalue weighted by Gasteiger charge is 2.25. The number of rotatable bonds is 7. The molecule has 0 unspecified atom stereocenters. The second kappa shape index (κ2) is 9.99. The molecule has 0 spiro atoms. The van der Waals surface area contributed by atoms with Gasteiger partial charge in [0.15, 0.2) is 0 Å². The van der Waals surface area contributed by atoms with Gasteiger partial charge in [0.1, 0.15) is 0 Å². The van der Waals surface area contributed by atoms with Crippen LogP contribution in [0.2, 0.25) is 5.02 Å². The summed E-state index contributed by atoms with van der Waals surface area (Å²) in [6, 6.07) is 11.9. The Morgan fingerprint density at radius 2 is 1.81 bits per heavy atom. The van der Waals surface area contributed by atoms with E-state index in [0.717, 1.165) is 37.6 Å². The number of sulfonamides is 1. The quantitative estimate of drug-likeness (QED) is 0.679. The molecule has 1 heterocycles. The summed E-state index contributed by atoms with van der Waals surface area (Å²) in [7, 11) is -2.20. The van der Waals surface area contributed by atoms with Crippen molar-refractivity contribution in [2.24, 2.45) is 0 Å². The molecule has 1 aliphatic heterocycles. The fourth-order valence-corrected chi connectivity index (χ4v) is 4.80. The van der Waals surface area contributed by atoms with Crippen molar-refractivity contribution >= 4 is 33.2 Å². The number of hydrogen-bond donors (Lipinski definition) is 1. The summed E-state index contributed by atoms with van der Waals surface area (Å²) in [4.78, 5) is 15.0. The molecular formula is C22H28ClN3O4S. The lowest BCUT2D eigenvalue weighted by atomic mass is 10.1. The normalized spacial score (nSPS) is 14.8. The zero-order chi connectivity index (χ0) is 22.6. The Bertz CT molecular complexity index is 1020. The summed E-state index contributed by atoms with van der Waals surface area (Å²) >= 11 is 6.19. The molecule has 3 rings (SSSR count). The topological polar surface area (TPSA) is 79.0 Å². The van der Waals surface area contributed by atoms with Crippen molar-refractivity contribution in [1.29, 1.82) is 0 Å². The molecule has 1 aliphatic rings. The molecule has 9 heteroatoms. The minimum Gasteiger partial charge on any atom is -0.378 e. The minimum atomic E-state index is -3.71. The van der Waals surface area contributed by atoms with Crippen LogP contribution in [0.1, 0.15) is 29.8 Å². The molecule has 1 amide bonds. The minimum absolute atomic E-state index is 0.0353. The van der Waals surface area contributed by atoms with Gasteiger partial charge in [-0.25, -0.2) is 8.42 Å². The number of ether oxygens (including phenoxy) is 1. The molecule has 0 bridgehead atoms. The van der Waals surface area contributed by atoms with Gasteiger partial charge in [-0.15, -0.1) is 0 Å². The average molecular weight is 466 g/mol. The predicted molar refractivity (Wildman–Crippen MR) is 122 cm³/mol. The van der Waals surface area contributed by atoms with Gasteiger partial charge in [0, 0.05) is 38.4 Å². The fraction of sp³-hybridized carbons (Fsp3) is 0.409. The highest BCUT2D eigenvalue weighted by atomic mass is 35.5. The fourth-order valence-electron chi connectivity index (χ4n) is 3.21. The number of carbonyl (C=O) groups is 1. The number of nitrogens with one attached hydrogen (secondary N) is 1. The summed E-state index contributed by atoms with van der Waals surface area (Å²) in [6.07, 6.45) is 0. The second-order valence-corrected chi connectivity index (χ2v) is 10.1. The highest BCUT2D eigenvalue weighted by Crippen LogP contribution is 2.24. The SMILES string of the molecule is CC(C)N(C)S(=O)(=O)c1ccc(Cl)c(C(=O)NCc2ccc(N3CCOCC3)cc2)c1. The average Bonchev–Trinajstić information content (AvgIpc) is 2.78. The smallest absolute Gasteiger partial charge is 0.253 e. The van der Waals surface area contributed by atoms with Crippen LogP contribution in [0.3, 0.4) is 0 Å². The van der Waals surface area contributed by atoms with Crippen molar-refractivity contribution in [1.82, 2.24) is 9.62 Å². The van der Waals surface area contributed by atoms with E-state index in [1.807, 2.05) is 24.3 Å². The number of morpholine rings is 1. The van der Waals surface area contributed by atoms with Gasteiger partial charge in [0.25, 0.3) is 5.91 Å². The number of amides is 1. The van der Waals surface area contributed by atoms with Gasteiger partial charge in [-0.1, -0.05) is 23.7 Å². The lowest BCUT2D eigenvalue weighted by Gasteiger charge is -2.28. The third-order valence-corrected chi connectivity index (χ3v) is 7.71. The number of nitrogens with zero attached hydrogens (tertiary/aromatic N) is 2. The van der Waals surface area contributed by atoms with Gasteiger partial charge < -0.3 is 15.0 Å². The van der Waals surface area contributed by atoms with Crippen LogP contribution >= 0.6 is 11.6 Å². The first-order chi connectivity index (χ1) is 14.7. The van der Waals surface area contributed by atoms with Crippen LogP contribution in [0, 0.1) is 0 Å². The zero-order valence-corrected chi connectivity index (χ0v) is 19.5. The molecule has 1 fully saturated rings. The zero-order valence-electron chi connectivity index (χ0n) is 18.0. The van der Waals surface area contributed by atoms with Crippen molar-refractivity contribution < 1.29 is 17.9 Å². The Balaban J connectivity index is 1.69. The van der Waals surface area contributed by atoms with Crippen LogP contribution in [0.4, 0.5) is 5.69 Å². The van der Waals surface area contributed by atoms with Gasteiger partial charge in [-0.3, -0.25) is 4.79 Å². The second-order valence-electron chi connectivity index (χ2n) is 7.71. The Morgan fingerprint density at radius 1 is 1.16 bits per heavy atom. The number of benzene rings is 2. The van der Waals surface area contributed by atoms with Crippen LogP contribution in [0.15, 0.2) is 47.4 Å². The van der Waals surface area contributed by atoms with Crippen molar-refractivity contribution in [3.05, 3.63) is 58.6 Å². The number of hydrogen-bond acceptors (Lipinski definition) is 5. The van der Waals surface area contributed by atoms with Crippen LogP contribution in [0.5, 0.6) is 0 Å². The third kappa shape index (κ3) is 5.57. The molecule has 168 valence electrons. The van der Waals surface area contributed by atoms with Crippen LogP contribution in [-0.2, 0) is 21.3 Å². The lowest BCUT2D eigenvalue weighted by molar-refractivity contribution is 0.0951. The van der Waals surface area contributed by atoms with Gasteiger partial charge in [-0.05, 0) is 49.7 Å². The molecule has 0 saturated carbocycles. The first kappa shape index (κ1) is 23.5. The maximum absolute atomic E-state index is 12.7. The van der Waals surface area contributed by atoms with E-state index in [1.165, 1.54) is 29.6 Å². The molecule has 7 nitrogen and oxygen atoms in total. The summed E-state index contributed by atoms with van der Waals surface area (Å²) in [5.74, 6) is -0.425. The first-order valence-electron chi connectivity index (χ1n) is 10.2. The van der Waals surface area contributed by atoms with Crippen LogP contribution in [-0.4, -0.2) is 58.0 Å². The Hall–Kier alpha value is -2.13. The van der Waals surface area contributed by atoms with Gasteiger partial charge in [-0.2, -0.15) is 4.31 Å². The predicted octanol–water partition coefficient (Wildman–Crippen LogP) is 3.14. The van der Waals surface area contributed by atoms with Crippen molar-refractivity contribution in [3.8, 4) is 0 Å². The van der Waals surface area contributed by atoms with E-state index in [0.29, 0.717) is 6.54 Å². The van der Waals surface area contributed by atoms with Crippen LogP contribution in [0.25, 0.3) is 0 Å². The van der Waals surface area contributed by atoms with E-state index in [2.05, 4.69) is 10.2 Å². The first-order valence-corrected chi connectivity index (χ1v) is 12.0. The monoisotopic (exact) mass is 465 g/mol. The largest absolute Gasteiger partial charge is 0.378 e. The molecule has 0 atom stereocenters. The van der Waals surface area contributed by atoms with E-state index in [4.69, 9.17) is 16.3 Å². The third-order valence-electron chi connectivity index (χ3n) is 5.35. The molecule has 2 aromatic rings. The van der Waals surface area contributed by atoms with E-state index in [1.54, 1.807) is 13.8 Å². The van der Waals surface area contributed by atoms with E-state index >= 15 is 0 Å². The Labute approximate surface area is 189 Å². The number of anilines is 1. The number of halogens is 1. The molecule has 0 radical (unpaired) electrons. The van der Waals surface area contributed by atoms with Crippen LogP contribution < -0.4 is 10.2 Å². The molecule has 0 aromatic heterocycles. The van der Waals surface area contributed by atoms with Crippen molar-refractivity contribution in [2.45, 2.75) is 31.3 Å². The van der Waals surface area contributed by atoms with E-state index < -0.39 is 15.9 Å². The lowest BCUT2D eigenvalue weighted by Crippen LogP contribution is -2.36. The maximum Gasteiger partial charge on any atom is 0.253 e. The van der Waals surface area contributed by atoms with E-state index in [9.17, 15) is 13.2 Å². The summed E-state index contributed by atoms with van der Waals surface area (Å²) in [6.45, 7) is 7.04. The molecular weight excluding hydrogens is 438 g/mol. The van der Waals surface area contributed by atoms with Gasteiger partial charge in [0.05, 0.1) is 28.7 Å². The Kier molecular flexibility index (Phi) is 7.59. The molecule has 31 heavy (non-hydrogen) atoms. The summed E-state index contributed by atoms with van der Waals surface area (Å²) in [5.41, 5.74) is 2.18. The molecule has 0 aliphatic carbocycles. The van der Waals surface area contributed by atoms with E-state index in [-0.39, 0.29) is 21.5 Å². The standard InChI is InChI=1S/C22H28ClN3O4S/c1-16(2)25(3)31(28,29)19-8-9-21(23)20(14-19)22(27)24-15-17-4-6-18(7-5-17)26-10-12-30-13-11-26/h4-9,14,16H,10-13,15H2,1-3H3,(H,24,27). The molecule has 1 N–H and O–H groups in total. The van der Waals surface area contributed by atoms with Gasteiger partial charge >= 0.3 is 0 Å². The Morgan fingerprint density at radius 3 is 2.42 bits per heavy atom. The summed E-state index contributed by atoms with van der Waals surface area (Å²) < 4.78 is 32.1. The summed E-state index contributed by atoms with van der Waals surface area (Å²) in [5, 5.41) is 3.02.